The van der Waals surface area contributed by atoms with Crippen molar-refractivity contribution in [1.29, 1.82) is 0 Å². The number of benzene rings is 1. The predicted molar refractivity (Wildman–Crippen MR) is 94.2 cm³/mol. The Hall–Kier alpha value is -3.01. The summed E-state index contributed by atoms with van der Waals surface area (Å²) in [5.74, 6) is -0.673. The molecule has 4 N–H and O–H groups in total. The van der Waals surface area contributed by atoms with E-state index in [2.05, 4.69) is 9.97 Å². The van der Waals surface area contributed by atoms with E-state index in [-0.39, 0.29) is 36.2 Å². The normalized spacial score (nSPS) is 13.4. The monoisotopic (exact) mass is 364 g/mol. The maximum atomic E-state index is 12.1. The van der Waals surface area contributed by atoms with Gasteiger partial charge in [-0.2, -0.15) is 0 Å². The maximum absolute atomic E-state index is 12.1. The van der Waals surface area contributed by atoms with Gasteiger partial charge in [-0.15, -0.1) is 0 Å². The number of carbonyl (C=O) groups excluding carboxylic acids is 1. The lowest BCUT2D eigenvalue weighted by molar-refractivity contribution is -0.385. The summed E-state index contributed by atoms with van der Waals surface area (Å²) in [5, 5.41) is 11.4. The highest BCUT2D eigenvalue weighted by Crippen LogP contribution is 2.31. The van der Waals surface area contributed by atoms with Gasteiger partial charge in [-0.25, -0.2) is 0 Å². The van der Waals surface area contributed by atoms with E-state index in [1.165, 1.54) is 13.0 Å². The molecule has 26 heavy (non-hydrogen) atoms. The van der Waals surface area contributed by atoms with Crippen LogP contribution in [0.5, 0.6) is 0 Å². The Labute approximate surface area is 147 Å². The zero-order valence-electron chi connectivity index (χ0n) is 14.7. The van der Waals surface area contributed by atoms with E-state index in [1.807, 2.05) is 0 Å². The summed E-state index contributed by atoms with van der Waals surface area (Å²) in [5.41, 5.74) is 3.50. The Morgan fingerprint density at radius 3 is 2.42 bits per heavy atom. The third kappa shape index (κ3) is 3.49. The van der Waals surface area contributed by atoms with E-state index in [9.17, 15) is 24.5 Å². The van der Waals surface area contributed by atoms with Gasteiger partial charge in [0.15, 0.2) is 0 Å². The lowest BCUT2D eigenvalue weighted by Gasteiger charge is -2.24. The van der Waals surface area contributed by atoms with Gasteiger partial charge in [0.05, 0.1) is 22.6 Å². The molecule has 0 bridgehead atoms. The number of esters is 1. The van der Waals surface area contributed by atoms with Crippen molar-refractivity contribution in [3.63, 3.8) is 0 Å². The van der Waals surface area contributed by atoms with E-state index in [0.717, 1.165) is 0 Å². The first-order valence-electron chi connectivity index (χ1n) is 8.03. The Kier molecular flexibility index (Phi) is 5.26. The van der Waals surface area contributed by atoms with Crippen molar-refractivity contribution >= 4 is 22.7 Å². The van der Waals surface area contributed by atoms with Crippen molar-refractivity contribution in [1.82, 2.24) is 9.97 Å². The van der Waals surface area contributed by atoms with Crippen molar-refractivity contribution in [2.24, 2.45) is 5.73 Å². The van der Waals surface area contributed by atoms with Crippen LogP contribution >= 0.6 is 0 Å². The van der Waals surface area contributed by atoms with Crippen molar-refractivity contribution < 1.29 is 14.5 Å². The van der Waals surface area contributed by atoms with Gasteiger partial charge in [0, 0.05) is 18.1 Å². The van der Waals surface area contributed by atoms with Crippen molar-refractivity contribution in [3.8, 4) is 0 Å². The molecule has 10 heteroatoms. The van der Waals surface area contributed by atoms with E-state index >= 15 is 0 Å². The van der Waals surface area contributed by atoms with Crippen LogP contribution in [0.25, 0.3) is 11.0 Å². The van der Waals surface area contributed by atoms with Crippen LogP contribution in [-0.2, 0) is 22.4 Å². The fourth-order valence-electron chi connectivity index (χ4n) is 2.84. The quantitative estimate of drug-likeness (QED) is 0.291. The lowest BCUT2D eigenvalue weighted by Crippen LogP contribution is -2.48. The van der Waals surface area contributed by atoms with Crippen LogP contribution in [0, 0.1) is 10.1 Å². The molecule has 0 amide bonds. The number of nitrogens with zero attached hydrogens (tertiary/aromatic N) is 1. The first-order chi connectivity index (χ1) is 12.1. The van der Waals surface area contributed by atoms with E-state index in [0.29, 0.717) is 11.1 Å². The number of aromatic amines is 2. The van der Waals surface area contributed by atoms with Crippen LogP contribution in [0.3, 0.4) is 0 Å². The first kappa shape index (κ1) is 19.3. The SMILES string of the molecule is CCOC(=O)C(C)(N)Cc1c(CC)c([N+](=O)[O-])cc2[nH]c(=O)c(=O)[nH]c12. The molecule has 0 spiro atoms. The molecule has 10 nitrogen and oxygen atoms in total. The minimum Gasteiger partial charge on any atom is -0.465 e. The molecule has 1 heterocycles. The van der Waals surface area contributed by atoms with Crippen LogP contribution < -0.4 is 16.9 Å². The van der Waals surface area contributed by atoms with Gasteiger partial charge in [0.2, 0.25) is 0 Å². The number of H-pyrrole nitrogens is 2. The van der Waals surface area contributed by atoms with Crippen molar-refractivity contribution in [2.45, 2.75) is 39.2 Å². The number of aromatic nitrogens is 2. The molecular formula is C16H20N4O6. The zero-order chi connectivity index (χ0) is 19.6. The molecule has 0 radical (unpaired) electrons. The molecule has 2 rings (SSSR count). The Bertz CT molecular complexity index is 989. The Balaban J connectivity index is 2.82. The fraction of sp³-hybridized carbons (Fsp3) is 0.438. The molecule has 140 valence electrons. The summed E-state index contributed by atoms with van der Waals surface area (Å²) < 4.78 is 4.96. The average molecular weight is 364 g/mol. The topological polar surface area (TPSA) is 161 Å². The molecule has 0 fully saturated rings. The number of hydrogen-bond donors (Lipinski definition) is 3. The lowest BCUT2D eigenvalue weighted by atomic mass is 9.88. The van der Waals surface area contributed by atoms with E-state index < -0.39 is 27.6 Å². The maximum Gasteiger partial charge on any atom is 0.326 e. The smallest absolute Gasteiger partial charge is 0.326 e. The number of nitro benzene ring substituents is 1. The Morgan fingerprint density at radius 2 is 1.88 bits per heavy atom. The van der Waals surface area contributed by atoms with Gasteiger partial charge >= 0.3 is 17.1 Å². The van der Waals surface area contributed by atoms with Crippen LogP contribution in [0.15, 0.2) is 15.7 Å². The molecular weight excluding hydrogens is 344 g/mol. The third-order valence-electron chi connectivity index (χ3n) is 4.05. The van der Waals surface area contributed by atoms with Gasteiger partial charge < -0.3 is 20.4 Å². The summed E-state index contributed by atoms with van der Waals surface area (Å²) in [6.45, 7) is 4.92. The third-order valence-corrected chi connectivity index (χ3v) is 4.05. The van der Waals surface area contributed by atoms with Crippen LogP contribution in [0.2, 0.25) is 0 Å². The number of nitro groups is 1. The summed E-state index contributed by atoms with van der Waals surface area (Å²) >= 11 is 0. The number of nitrogens with one attached hydrogen (secondary N) is 2. The zero-order valence-corrected chi connectivity index (χ0v) is 14.7. The molecule has 0 aliphatic rings. The standard InChI is InChI=1S/C16H20N4O6/c1-4-8-9(7-16(3,17)15(23)26-5-2)12-10(6-11(8)20(24)25)18-13(21)14(22)19-12/h6H,4-5,7,17H2,1-3H3,(H,18,21)(H,19,22). The van der Waals surface area contributed by atoms with Gasteiger partial charge in [-0.3, -0.25) is 24.5 Å². The molecule has 1 atom stereocenters. The minimum atomic E-state index is -1.48. The first-order valence-corrected chi connectivity index (χ1v) is 8.03. The number of rotatable bonds is 6. The molecule has 0 saturated carbocycles. The molecule has 0 aliphatic heterocycles. The van der Waals surface area contributed by atoms with Crippen LogP contribution in [0.4, 0.5) is 5.69 Å². The van der Waals surface area contributed by atoms with Gasteiger partial charge in [-0.05, 0) is 25.8 Å². The number of fused-ring (bicyclic) bond motifs is 1. The van der Waals surface area contributed by atoms with Gasteiger partial charge in [0.1, 0.15) is 5.54 Å². The van der Waals surface area contributed by atoms with E-state index in [4.69, 9.17) is 10.5 Å². The fourth-order valence-corrected chi connectivity index (χ4v) is 2.84. The molecule has 1 aromatic carbocycles. The molecule has 2 aromatic rings. The van der Waals surface area contributed by atoms with Gasteiger partial charge in [-0.1, -0.05) is 6.92 Å². The summed E-state index contributed by atoms with van der Waals surface area (Å²) in [6, 6.07) is 1.19. The number of hydrogen-bond acceptors (Lipinski definition) is 7. The summed E-state index contributed by atoms with van der Waals surface area (Å²) in [7, 11) is 0. The summed E-state index contributed by atoms with van der Waals surface area (Å²) in [4.78, 5) is 51.1. The highest BCUT2D eigenvalue weighted by molar-refractivity contribution is 5.86. The minimum absolute atomic E-state index is 0.0909. The summed E-state index contributed by atoms with van der Waals surface area (Å²) in [6.07, 6.45) is 0.150. The number of carbonyl (C=O) groups is 1. The predicted octanol–water partition coefficient (Wildman–Crippen LogP) is 0.510. The van der Waals surface area contributed by atoms with Gasteiger partial charge in [0.25, 0.3) is 5.69 Å². The Morgan fingerprint density at radius 1 is 1.27 bits per heavy atom. The molecule has 0 saturated heterocycles. The van der Waals surface area contributed by atoms with E-state index in [1.54, 1.807) is 13.8 Å². The highest BCUT2D eigenvalue weighted by atomic mass is 16.6. The second-order valence-electron chi connectivity index (χ2n) is 6.11. The highest BCUT2D eigenvalue weighted by Gasteiger charge is 2.33. The molecule has 1 unspecified atom stereocenters. The van der Waals surface area contributed by atoms with Crippen LogP contribution in [-0.4, -0.2) is 33.0 Å². The largest absolute Gasteiger partial charge is 0.465 e. The number of ether oxygens (including phenoxy) is 1. The van der Waals surface area contributed by atoms with Crippen molar-refractivity contribution in [3.05, 3.63) is 48.0 Å². The van der Waals surface area contributed by atoms with Crippen molar-refractivity contribution in [2.75, 3.05) is 6.61 Å². The second-order valence-corrected chi connectivity index (χ2v) is 6.11. The van der Waals surface area contributed by atoms with Crippen LogP contribution in [0.1, 0.15) is 31.9 Å². The average Bonchev–Trinajstić information content (AvgIpc) is 2.56. The second kappa shape index (κ2) is 7.08. The molecule has 0 aliphatic carbocycles. The number of nitrogens with two attached hydrogens (primary N) is 1. The molecule has 1 aromatic heterocycles.